The van der Waals surface area contributed by atoms with E-state index in [-0.39, 0.29) is 23.8 Å². The number of rotatable bonds is 8. The average molecular weight is 438 g/mol. The second-order valence-corrected chi connectivity index (χ2v) is 10.9. The Morgan fingerprint density at radius 2 is 1.70 bits per heavy atom. The third kappa shape index (κ3) is 5.82. The normalized spacial score (nSPS) is 18.1. The molecule has 0 saturated carbocycles. The van der Waals surface area contributed by atoms with E-state index in [2.05, 4.69) is 10.6 Å². The molecule has 1 aromatic rings. The lowest BCUT2D eigenvalue weighted by atomic mass is 9.89. The van der Waals surface area contributed by atoms with Gasteiger partial charge in [-0.15, -0.1) is 0 Å². The molecule has 2 amide bonds. The number of carbonyl (C=O) groups is 2. The minimum Gasteiger partial charge on any atom is -0.352 e. The van der Waals surface area contributed by atoms with Crippen LogP contribution < -0.4 is 10.6 Å². The van der Waals surface area contributed by atoms with Crippen LogP contribution >= 0.6 is 0 Å². The molecular weight excluding hydrogens is 402 g/mol. The number of hydrogen-bond donors (Lipinski definition) is 2. The van der Waals surface area contributed by atoms with Crippen molar-refractivity contribution in [2.24, 2.45) is 5.92 Å². The molecule has 2 atom stereocenters. The van der Waals surface area contributed by atoms with Crippen LogP contribution in [0.3, 0.4) is 0 Å². The van der Waals surface area contributed by atoms with Crippen LogP contribution in [0.4, 0.5) is 0 Å². The molecule has 2 N–H and O–H groups in total. The van der Waals surface area contributed by atoms with E-state index in [0.29, 0.717) is 31.5 Å². The molecule has 0 aromatic heterocycles. The second kappa shape index (κ2) is 10.4. The molecule has 0 aliphatic carbocycles. The fraction of sp³-hybridized carbons (Fsp3) is 0.636. The lowest BCUT2D eigenvalue weighted by molar-refractivity contribution is -0.125. The molecule has 7 nitrogen and oxygen atoms in total. The predicted molar refractivity (Wildman–Crippen MR) is 119 cm³/mol. The third-order valence-electron chi connectivity index (χ3n) is 5.89. The fourth-order valence-corrected chi connectivity index (χ4v) is 4.96. The summed E-state index contributed by atoms with van der Waals surface area (Å²) in [4.78, 5) is 25.9. The minimum atomic E-state index is -3.32. The lowest BCUT2D eigenvalue weighted by Crippen LogP contribution is -2.55. The van der Waals surface area contributed by atoms with Gasteiger partial charge in [0.15, 0.2) is 0 Å². The first-order valence-corrected chi connectivity index (χ1v) is 12.2. The van der Waals surface area contributed by atoms with Gasteiger partial charge in [-0.1, -0.05) is 25.1 Å². The smallest absolute Gasteiger partial charge is 0.252 e. The standard InChI is InChI=1S/C22H35N3O4S/c1-6-17(5)23-22(27)20(24-21(26)19-10-8-7-9-16(19)4)18-11-13-25(14-12-18)30(28,29)15(2)3/h7-10,15,17-18,20H,6,11-14H2,1-5H3,(H,23,27)(H,24,26)/t17-,20+/m1/s1. The first-order chi connectivity index (χ1) is 14.1. The molecule has 1 heterocycles. The molecule has 2 rings (SSSR count). The van der Waals surface area contributed by atoms with Gasteiger partial charge in [0, 0.05) is 24.7 Å². The average Bonchev–Trinajstić information content (AvgIpc) is 2.71. The molecule has 1 fully saturated rings. The third-order valence-corrected chi connectivity index (χ3v) is 8.16. The van der Waals surface area contributed by atoms with Crippen molar-refractivity contribution < 1.29 is 18.0 Å². The number of benzene rings is 1. The summed E-state index contributed by atoms with van der Waals surface area (Å²) in [6.07, 6.45) is 1.84. The SMILES string of the molecule is CC[C@@H](C)NC(=O)[C@@H](NC(=O)c1ccccc1C)C1CCN(S(=O)(=O)C(C)C)CC1. The van der Waals surface area contributed by atoms with Crippen molar-refractivity contribution in [2.45, 2.75) is 71.2 Å². The lowest BCUT2D eigenvalue weighted by Gasteiger charge is -2.36. The first kappa shape index (κ1) is 24.3. The summed E-state index contributed by atoms with van der Waals surface area (Å²) in [6, 6.07) is 6.56. The molecule has 0 radical (unpaired) electrons. The van der Waals surface area contributed by atoms with Crippen molar-refractivity contribution in [1.82, 2.24) is 14.9 Å². The Balaban J connectivity index is 2.17. The van der Waals surface area contributed by atoms with Crippen LogP contribution in [0.1, 0.15) is 62.9 Å². The van der Waals surface area contributed by atoms with Gasteiger partial charge in [-0.25, -0.2) is 12.7 Å². The number of nitrogens with zero attached hydrogens (tertiary/aromatic N) is 1. The maximum atomic E-state index is 13.0. The Hall–Kier alpha value is -1.93. The molecule has 1 saturated heterocycles. The predicted octanol–water partition coefficient (Wildman–Crippen LogP) is 2.46. The zero-order valence-electron chi connectivity index (χ0n) is 18.6. The van der Waals surface area contributed by atoms with Gasteiger partial charge in [-0.3, -0.25) is 9.59 Å². The summed E-state index contributed by atoms with van der Waals surface area (Å²) in [7, 11) is -3.32. The summed E-state index contributed by atoms with van der Waals surface area (Å²) in [5.41, 5.74) is 1.38. The number of hydrogen-bond acceptors (Lipinski definition) is 4. The van der Waals surface area contributed by atoms with E-state index in [1.165, 1.54) is 4.31 Å². The quantitative estimate of drug-likeness (QED) is 0.653. The maximum Gasteiger partial charge on any atom is 0.252 e. The Morgan fingerprint density at radius 1 is 1.10 bits per heavy atom. The number of carbonyl (C=O) groups excluding carboxylic acids is 2. The molecule has 168 valence electrons. The molecule has 8 heteroatoms. The molecule has 0 spiro atoms. The van der Waals surface area contributed by atoms with Crippen LogP contribution in [0, 0.1) is 12.8 Å². The summed E-state index contributed by atoms with van der Waals surface area (Å²) < 4.78 is 26.4. The molecule has 30 heavy (non-hydrogen) atoms. The van der Waals surface area contributed by atoms with Crippen LogP contribution in [0.5, 0.6) is 0 Å². The number of sulfonamides is 1. The van der Waals surface area contributed by atoms with E-state index < -0.39 is 21.3 Å². The van der Waals surface area contributed by atoms with Crippen LogP contribution in [0.15, 0.2) is 24.3 Å². The van der Waals surface area contributed by atoms with Gasteiger partial charge < -0.3 is 10.6 Å². The number of nitrogens with one attached hydrogen (secondary N) is 2. The first-order valence-electron chi connectivity index (χ1n) is 10.7. The Bertz CT molecular complexity index is 846. The minimum absolute atomic E-state index is 0.00299. The largest absolute Gasteiger partial charge is 0.352 e. The van der Waals surface area contributed by atoms with E-state index in [1.807, 2.05) is 32.9 Å². The van der Waals surface area contributed by atoms with Crippen molar-refractivity contribution in [3.63, 3.8) is 0 Å². The van der Waals surface area contributed by atoms with E-state index in [9.17, 15) is 18.0 Å². The van der Waals surface area contributed by atoms with Crippen LogP contribution in [0.2, 0.25) is 0 Å². The highest BCUT2D eigenvalue weighted by molar-refractivity contribution is 7.89. The van der Waals surface area contributed by atoms with Gasteiger partial charge >= 0.3 is 0 Å². The summed E-state index contributed by atoms with van der Waals surface area (Å²) in [5.74, 6) is -0.619. The van der Waals surface area contributed by atoms with Gasteiger partial charge in [0.2, 0.25) is 15.9 Å². The zero-order valence-corrected chi connectivity index (χ0v) is 19.5. The van der Waals surface area contributed by atoms with Gasteiger partial charge in [-0.2, -0.15) is 0 Å². The summed E-state index contributed by atoms with van der Waals surface area (Å²) >= 11 is 0. The zero-order chi connectivity index (χ0) is 22.5. The monoisotopic (exact) mass is 437 g/mol. The van der Waals surface area contributed by atoms with E-state index >= 15 is 0 Å². The van der Waals surface area contributed by atoms with Crippen LogP contribution in [-0.2, 0) is 14.8 Å². The Morgan fingerprint density at radius 3 is 2.23 bits per heavy atom. The van der Waals surface area contributed by atoms with Gasteiger partial charge in [-0.05, 0) is 64.5 Å². The van der Waals surface area contributed by atoms with Crippen LogP contribution in [-0.4, -0.2) is 55.0 Å². The van der Waals surface area contributed by atoms with Crippen molar-refractivity contribution in [3.8, 4) is 0 Å². The Kier molecular flexibility index (Phi) is 8.43. The van der Waals surface area contributed by atoms with Crippen molar-refractivity contribution in [1.29, 1.82) is 0 Å². The van der Waals surface area contributed by atoms with E-state index in [0.717, 1.165) is 12.0 Å². The molecule has 0 unspecified atom stereocenters. The van der Waals surface area contributed by atoms with E-state index in [4.69, 9.17) is 0 Å². The van der Waals surface area contributed by atoms with Crippen molar-refractivity contribution in [3.05, 3.63) is 35.4 Å². The molecule has 1 aliphatic heterocycles. The molecule has 0 bridgehead atoms. The van der Waals surface area contributed by atoms with Crippen LogP contribution in [0.25, 0.3) is 0 Å². The van der Waals surface area contributed by atoms with Gasteiger partial charge in [0.25, 0.3) is 5.91 Å². The highest BCUT2D eigenvalue weighted by Crippen LogP contribution is 2.25. The fourth-order valence-electron chi connectivity index (χ4n) is 3.64. The number of aryl methyl sites for hydroxylation is 1. The van der Waals surface area contributed by atoms with Gasteiger partial charge in [0.05, 0.1) is 5.25 Å². The number of amides is 2. The van der Waals surface area contributed by atoms with Crippen molar-refractivity contribution in [2.75, 3.05) is 13.1 Å². The maximum absolute atomic E-state index is 13.0. The molecule has 1 aromatic carbocycles. The highest BCUT2D eigenvalue weighted by Gasteiger charge is 2.37. The molecule has 1 aliphatic rings. The second-order valence-electron chi connectivity index (χ2n) is 8.41. The Labute approximate surface area is 180 Å². The summed E-state index contributed by atoms with van der Waals surface area (Å²) in [6.45, 7) is 9.84. The topological polar surface area (TPSA) is 95.6 Å². The van der Waals surface area contributed by atoms with Crippen molar-refractivity contribution >= 4 is 21.8 Å². The van der Waals surface area contributed by atoms with Gasteiger partial charge in [0.1, 0.15) is 6.04 Å². The highest BCUT2D eigenvalue weighted by atomic mass is 32.2. The molecular formula is C22H35N3O4S. The van der Waals surface area contributed by atoms with E-state index in [1.54, 1.807) is 26.0 Å². The summed E-state index contributed by atoms with van der Waals surface area (Å²) in [5, 5.41) is 5.43. The number of piperidine rings is 1.